The van der Waals surface area contributed by atoms with Gasteiger partial charge in [0.25, 0.3) is 0 Å². The summed E-state index contributed by atoms with van der Waals surface area (Å²) in [5.41, 5.74) is -0.629. The lowest BCUT2D eigenvalue weighted by Crippen LogP contribution is -2.32. The molecule has 1 aromatic carbocycles. The van der Waals surface area contributed by atoms with Crippen LogP contribution in [0.25, 0.3) is 0 Å². The summed E-state index contributed by atoms with van der Waals surface area (Å²) in [6.45, 7) is 1.54. The third-order valence-electron chi connectivity index (χ3n) is 3.21. The minimum Gasteiger partial charge on any atom is -0.481 e. The number of hydrogen-bond acceptors (Lipinski definition) is 4. The summed E-state index contributed by atoms with van der Waals surface area (Å²) in [5, 5.41) is 5.15. The topological polar surface area (TPSA) is 63.2 Å². The van der Waals surface area contributed by atoms with Crippen molar-refractivity contribution in [3.05, 3.63) is 48.2 Å². The van der Waals surface area contributed by atoms with Crippen LogP contribution in [0.4, 0.5) is 24.5 Å². The van der Waals surface area contributed by atoms with Gasteiger partial charge in [0.05, 0.1) is 30.2 Å². The Hall–Kier alpha value is -2.77. The molecule has 8 heteroatoms. The van der Waals surface area contributed by atoms with Crippen LogP contribution >= 0.6 is 0 Å². The van der Waals surface area contributed by atoms with Crippen molar-refractivity contribution in [2.45, 2.75) is 19.1 Å². The van der Waals surface area contributed by atoms with Crippen LogP contribution in [0.15, 0.2) is 42.6 Å². The highest BCUT2D eigenvalue weighted by atomic mass is 19.4. The number of para-hydroxylation sites is 1. The van der Waals surface area contributed by atoms with Crippen molar-refractivity contribution >= 4 is 17.3 Å². The van der Waals surface area contributed by atoms with Gasteiger partial charge in [-0.05, 0) is 25.1 Å². The number of rotatable bonds is 5. The summed E-state index contributed by atoms with van der Waals surface area (Å²) in [6.07, 6.45) is -3.08. The number of pyridine rings is 1. The number of carbonyl (C=O) groups is 1. The quantitative estimate of drug-likeness (QED) is 0.874. The first-order valence-electron chi connectivity index (χ1n) is 7.05. The minimum absolute atomic E-state index is 0.281. The van der Waals surface area contributed by atoms with Crippen LogP contribution in [-0.4, -0.2) is 24.0 Å². The summed E-state index contributed by atoms with van der Waals surface area (Å²) < 4.78 is 43.7. The predicted octanol–water partition coefficient (Wildman–Crippen LogP) is 3.55. The molecule has 5 nitrogen and oxygen atoms in total. The molecule has 1 aromatic heterocycles. The van der Waals surface area contributed by atoms with Crippen LogP contribution in [0.3, 0.4) is 0 Å². The van der Waals surface area contributed by atoms with Gasteiger partial charge in [-0.15, -0.1) is 0 Å². The lowest BCUT2D eigenvalue weighted by molar-refractivity contribution is -0.137. The summed E-state index contributed by atoms with van der Waals surface area (Å²) >= 11 is 0. The van der Waals surface area contributed by atoms with E-state index in [0.717, 1.165) is 6.07 Å². The number of amides is 1. The molecule has 1 heterocycles. The van der Waals surface area contributed by atoms with Gasteiger partial charge >= 0.3 is 6.18 Å². The molecule has 24 heavy (non-hydrogen) atoms. The van der Waals surface area contributed by atoms with Gasteiger partial charge in [-0.1, -0.05) is 12.1 Å². The molecule has 0 aliphatic carbocycles. The zero-order chi connectivity index (χ0) is 17.7. The number of methoxy groups -OCH3 is 1. The van der Waals surface area contributed by atoms with Crippen LogP contribution in [0.2, 0.25) is 0 Å². The molecule has 0 fully saturated rings. The number of nitrogens with one attached hydrogen (secondary N) is 2. The van der Waals surface area contributed by atoms with E-state index in [1.165, 1.54) is 38.4 Å². The first kappa shape index (κ1) is 17.6. The third kappa shape index (κ3) is 4.37. The van der Waals surface area contributed by atoms with Crippen molar-refractivity contribution in [2.24, 2.45) is 0 Å². The molecule has 2 aromatic rings. The van der Waals surface area contributed by atoms with E-state index >= 15 is 0 Å². The van der Waals surface area contributed by atoms with Crippen LogP contribution in [-0.2, 0) is 11.0 Å². The van der Waals surface area contributed by atoms with Crippen molar-refractivity contribution in [1.29, 1.82) is 0 Å². The number of carbonyl (C=O) groups excluding carboxylic acids is 1. The number of anilines is 2. The van der Waals surface area contributed by atoms with E-state index in [1.54, 1.807) is 12.1 Å². The summed E-state index contributed by atoms with van der Waals surface area (Å²) in [4.78, 5) is 16.1. The molecule has 0 spiro atoms. The zero-order valence-electron chi connectivity index (χ0n) is 13.0. The van der Waals surface area contributed by atoms with E-state index in [2.05, 4.69) is 15.6 Å². The fourth-order valence-corrected chi connectivity index (χ4v) is 1.98. The number of aromatic nitrogens is 1. The maximum absolute atomic E-state index is 12.9. The molecule has 2 rings (SSSR count). The smallest absolute Gasteiger partial charge is 0.418 e. The van der Waals surface area contributed by atoms with Gasteiger partial charge in [-0.25, -0.2) is 4.98 Å². The number of nitrogens with zero attached hydrogens (tertiary/aromatic N) is 1. The average molecular weight is 339 g/mol. The Kier molecular flexibility index (Phi) is 5.28. The van der Waals surface area contributed by atoms with Crippen molar-refractivity contribution < 1.29 is 22.7 Å². The Bertz CT molecular complexity index is 702. The van der Waals surface area contributed by atoms with Gasteiger partial charge in [-0.3, -0.25) is 4.79 Å². The van der Waals surface area contributed by atoms with Gasteiger partial charge in [-0.2, -0.15) is 13.2 Å². The molecular weight excluding hydrogens is 323 g/mol. The van der Waals surface area contributed by atoms with Gasteiger partial charge in [0.2, 0.25) is 11.8 Å². The molecule has 1 amide bonds. The Labute approximate surface area is 136 Å². The molecule has 1 unspecified atom stereocenters. The largest absolute Gasteiger partial charge is 0.481 e. The average Bonchev–Trinajstić information content (AvgIpc) is 2.55. The van der Waals surface area contributed by atoms with Crippen molar-refractivity contribution in [1.82, 2.24) is 4.98 Å². The molecule has 0 aliphatic heterocycles. The number of benzene rings is 1. The number of ether oxygens (including phenoxy) is 1. The molecule has 0 aliphatic rings. The number of hydrogen-bond donors (Lipinski definition) is 2. The SMILES string of the molecule is COc1ccc(NC(C)C(=O)Nc2ccccc2C(F)(F)F)cn1. The van der Waals surface area contributed by atoms with E-state index < -0.39 is 23.7 Å². The number of alkyl halides is 3. The highest BCUT2D eigenvalue weighted by Gasteiger charge is 2.33. The van der Waals surface area contributed by atoms with E-state index in [-0.39, 0.29) is 5.69 Å². The second-order valence-electron chi connectivity index (χ2n) is 4.99. The second-order valence-corrected chi connectivity index (χ2v) is 4.99. The Morgan fingerprint density at radius 1 is 1.21 bits per heavy atom. The molecule has 0 radical (unpaired) electrons. The van der Waals surface area contributed by atoms with E-state index in [0.29, 0.717) is 11.6 Å². The lowest BCUT2D eigenvalue weighted by atomic mass is 10.1. The maximum atomic E-state index is 12.9. The van der Waals surface area contributed by atoms with Gasteiger partial charge in [0.15, 0.2) is 0 Å². The van der Waals surface area contributed by atoms with Crippen molar-refractivity contribution in [3.8, 4) is 5.88 Å². The predicted molar refractivity (Wildman–Crippen MR) is 83.9 cm³/mol. The molecular formula is C16H16F3N3O2. The first-order chi connectivity index (χ1) is 11.3. The zero-order valence-corrected chi connectivity index (χ0v) is 13.0. The Morgan fingerprint density at radius 2 is 1.92 bits per heavy atom. The molecule has 0 bridgehead atoms. The van der Waals surface area contributed by atoms with Gasteiger partial charge in [0, 0.05) is 6.07 Å². The fraction of sp³-hybridized carbons (Fsp3) is 0.250. The normalized spacial score (nSPS) is 12.4. The molecule has 0 saturated heterocycles. The fourth-order valence-electron chi connectivity index (χ4n) is 1.98. The van der Waals surface area contributed by atoms with Crippen molar-refractivity contribution in [3.63, 3.8) is 0 Å². The summed E-state index contributed by atoms with van der Waals surface area (Å²) in [7, 11) is 1.48. The molecule has 1 atom stereocenters. The van der Waals surface area contributed by atoms with Crippen molar-refractivity contribution in [2.75, 3.05) is 17.7 Å². The summed E-state index contributed by atoms with van der Waals surface area (Å²) in [6, 6.07) is 7.32. The van der Waals surface area contributed by atoms with Crippen LogP contribution in [0.1, 0.15) is 12.5 Å². The third-order valence-corrected chi connectivity index (χ3v) is 3.21. The van der Waals surface area contributed by atoms with E-state index in [4.69, 9.17) is 4.74 Å². The Balaban J connectivity index is 2.06. The molecule has 0 saturated carbocycles. The maximum Gasteiger partial charge on any atom is 0.418 e. The highest BCUT2D eigenvalue weighted by Crippen LogP contribution is 2.34. The standard InChI is InChI=1S/C16H16F3N3O2/c1-10(21-11-7-8-14(24-2)20-9-11)15(23)22-13-6-4-3-5-12(13)16(17,18)19/h3-10,21H,1-2H3,(H,22,23). The summed E-state index contributed by atoms with van der Waals surface area (Å²) in [5.74, 6) is -0.181. The highest BCUT2D eigenvalue weighted by molar-refractivity contribution is 5.96. The molecule has 128 valence electrons. The van der Waals surface area contributed by atoms with Crippen LogP contribution in [0.5, 0.6) is 5.88 Å². The Morgan fingerprint density at radius 3 is 2.50 bits per heavy atom. The molecule has 2 N–H and O–H groups in total. The monoisotopic (exact) mass is 339 g/mol. The van der Waals surface area contributed by atoms with Gasteiger partial charge in [0.1, 0.15) is 6.04 Å². The van der Waals surface area contributed by atoms with Gasteiger partial charge < -0.3 is 15.4 Å². The van der Waals surface area contributed by atoms with Crippen LogP contribution in [0, 0.1) is 0 Å². The lowest BCUT2D eigenvalue weighted by Gasteiger charge is -2.18. The second kappa shape index (κ2) is 7.20. The minimum atomic E-state index is -4.54. The first-order valence-corrected chi connectivity index (χ1v) is 7.05. The van der Waals surface area contributed by atoms with Crippen LogP contribution < -0.4 is 15.4 Å². The van der Waals surface area contributed by atoms with E-state index in [1.807, 2.05) is 0 Å². The van der Waals surface area contributed by atoms with E-state index in [9.17, 15) is 18.0 Å². The number of halogens is 3.